The van der Waals surface area contributed by atoms with Gasteiger partial charge in [0.2, 0.25) is 5.91 Å². The molecule has 134 valence electrons. The molecule has 4 heteroatoms. The molecular formula is C21H27NO3. The average Bonchev–Trinajstić information content (AvgIpc) is 2.66. The van der Waals surface area contributed by atoms with Crippen molar-refractivity contribution in [2.45, 2.75) is 32.6 Å². The Bertz CT molecular complexity index is 683. The molecule has 0 atom stereocenters. The summed E-state index contributed by atoms with van der Waals surface area (Å²) in [5.74, 6) is 1.66. The van der Waals surface area contributed by atoms with Crippen molar-refractivity contribution in [3.8, 4) is 11.5 Å². The number of methoxy groups -OCH3 is 2. The molecule has 0 heterocycles. The molecule has 2 rings (SSSR count). The second kappa shape index (κ2) is 9.72. The van der Waals surface area contributed by atoms with Gasteiger partial charge in [0.25, 0.3) is 0 Å². The summed E-state index contributed by atoms with van der Waals surface area (Å²) in [7, 11) is 3.30. The number of carbonyl (C=O) groups excluding carboxylic acids is 1. The molecule has 2 aromatic carbocycles. The van der Waals surface area contributed by atoms with Gasteiger partial charge in [-0.05, 0) is 42.0 Å². The molecule has 1 N–H and O–H groups in total. The summed E-state index contributed by atoms with van der Waals surface area (Å²) in [6, 6.07) is 14.1. The minimum absolute atomic E-state index is 0.0619. The highest BCUT2D eigenvalue weighted by atomic mass is 16.5. The predicted molar refractivity (Wildman–Crippen MR) is 100 cm³/mol. The van der Waals surface area contributed by atoms with Crippen LogP contribution in [0.2, 0.25) is 0 Å². The van der Waals surface area contributed by atoms with Crippen LogP contribution >= 0.6 is 0 Å². The molecule has 0 radical (unpaired) electrons. The number of aryl methyl sites for hydroxylation is 2. The Labute approximate surface area is 150 Å². The monoisotopic (exact) mass is 341 g/mol. The number of rotatable bonds is 9. The summed E-state index contributed by atoms with van der Waals surface area (Å²) < 4.78 is 10.8. The van der Waals surface area contributed by atoms with Crippen molar-refractivity contribution in [2.75, 3.05) is 20.8 Å². The van der Waals surface area contributed by atoms with E-state index < -0.39 is 0 Å². The maximum absolute atomic E-state index is 12.1. The minimum atomic E-state index is 0.0619. The van der Waals surface area contributed by atoms with Crippen LogP contribution in [0.1, 0.15) is 30.0 Å². The molecule has 0 unspecified atom stereocenters. The first-order valence-corrected chi connectivity index (χ1v) is 8.72. The highest BCUT2D eigenvalue weighted by Crippen LogP contribution is 2.30. The van der Waals surface area contributed by atoms with E-state index >= 15 is 0 Å². The molecule has 1 amide bonds. The van der Waals surface area contributed by atoms with Gasteiger partial charge in [0, 0.05) is 19.0 Å². The van der Waals surface area contributed by atoms with Gasteiger partial charge in [0.15, 0.2) is 0 Å². The molecule has 0 fully saturated rings. The molecule has 0 aliphatic rings. The fourth-order valence-electron chi connectivity index (χ4n) is 2.84. The smallest absolute Gasteiger partial charge is 0.220 e. The average molecular weight is 341 g/mol. The number of carbonyl (C=O) groups is 1. The van der Waals surface area contributed by atoms with E-state index in [-0.39, 0.29) is 5.91 Å². The van der Waals surface area contributed by atoms with Crippen molar-refractivity contribution in [3.05, 3.63) is 59.2 Å². The first-order valence-electron chi connectivity index (χ1n) is 8.72. The number of hydrogen-bond donors (Lipinski definition) is 1. The van der Waals surface area contributed by atoms with E-state index in [2.05, 4.69) is 30.4 Å². The molecule has 0 saturated heterocycles. The lowest BCUT2D eigenvalue weighted by molar-refractivity contribution is -0.121. The van der Waals surface area contributed by atoms with E-state index in [0.29, 0.717) is 19.4 Å². The van der Waals surface area contributed by atoms with Gasteiger partial charge in [-0.1, -0.05) is 37.3 Å². The second-order valence-corrected chi connectivity index (χ2v) is 5.92. The van der Waals surface area contributed by atoms with Gasteiger partial charge in [0.1, 0.15) is 11.5 Å². The Kier molecular flexibility index (Phi) is 7.33. The first-order chi connectivity index (χ1) is 12.2. The zero-order valence-corrected chi connectivity index (χ0v) is 15.3. The van der Waals surface area contributed by atoms with Gasteiger partial charge in [0.05, 0.1) is 14.2 Å². The van der Waals surface area contributed by atoms with E-state index in [4.69, 9.17) is 9.47 Å². The lowest BCUT2D eigenvalue weighted by Gasteiger charge is -2.14. The highest BCUT2D eigenvalue weighted by molar-refractivity contribution is 5.76. The Morgan fingerprint density at radius 3 is 2.28 bits per heavy atom. The number of benzene rings is 2. The summed E-state index contributed by atoms with van der Waals surface area (Å²) in [6.07, 6.45) is 2.82. The first kappa shape index (κ1) is 18.8. The third-order valence-corrected chi connectivity index (χ3v) is 4.26. The fourth-order valence-corrected chi connectivity index (χ4v) is 2.84. The third-order valence-electron chi connectivity index (χ3n) is 4.26. The molecule has 0 spiro atoms. The maximum Gasteiger partial charge on any atom is 0.220 e. The largest absolute Gasteiger partial charge is 0.496 e. The Morgan fingerprint density at radius 2 is 1.64 bits per heavy atom. The van der Waals surface area contributed by atoms with E-state index in [1.54, 1.807) is 14.2 Å². The number of hydrogen-bond acceptors (Lipinski definition) is 3. The lowest BCUT2D eigenvalue weighted by Crippen LogP contribution is -2.25. The van der Waals surface area contributed by atoms with Crippen molar-refractivity contribution in [2.24, 2.45) is 0 Å². The van der Waals surface area contributed by atoms with Crippen LogP contribution in [-0.2, 0) is 24.1 Å². The van der Waals surface area contributed by atoms with Crippen LogP contribution in [0.5, 0.6) is 11.5 Å². The van der Waals surface area contributed by atoms with Gasteiger partial charge >= 0.3 is 0 Å². The summed E-state index contributed by atoms with van der Waals surface area (Å²) in [5.41, 5.74) is 3.40. The van der Waals surface area contributed by atoms with Crippen LogP contribution in [-0.4, -0.2) is 26.7 Å². The summed E-state index contributed by atoms with van der Waals surface area (Å²) in [5, 5.41) is 2.99. The lowest BCUT2D eigenvalue weighted by atomic mass is 10.0. The number of nitrogens with one attached hydrogen (secondary N) is 1. The van der Waals surface area contributed by atoms with Crippen LogP contribution in [0, 0.1) is 0 Å². The quantitative estimate of drug-likeness (QED) is 0.759. The van der Waals surface area contributed by atoms with Gasteiger partial charge in [-0.25, -0.2) is 0 Å². The molecule has 0 aliphatic heterocycles. The minimum Gasteiger partial charge on any atom is -0.496 e. The fraction of sp³-hybridized carbons (Fsp3) is 0.381. The van der Waals surface area contributed by atoms with Crippen LogP contribution < -0.4 is 14.8 Å². The molecule has 0 aromatic heterocycles. The zero-order valence-electron chi connectivity index (χ0n) is 15.3. The van der Waals surface area contributed by atoms with Gasteiger partial charge in [-0.2, -0.15) is 0 Å². The predicted octanol–water partition coefficient (Wildman–Crippen LogP) is 3.56. The standard InChI is InChI=1S/C21H27NO3/c1-4-17-14-18(20(25-3)15-19(17)24-2)10-11-21(23)22-13-12-16-8-6-5-7-9-16/h5-9,14-15H,4,10-13H2,1-3H3,(H,22,23). The van der Waals surface area contributed by atoms with E-state index in [9.17, 15) is 4.79 Å². The second-order valence-electron chi connectivity index (χ2n) is 5.92. The molecule has 2 aromatic rings. The van der Waals surface area contributed by atoms with E-state index in [0.717, 1.165) is 35.5 Å². The molecular weight excluding hydrogens is 314 g/mol. The van der Waals surface area contributed by atoms with Crippen LogP contribution in [0.3, 0.4) is 0 Å². The van der Waals surface area contributed by atoms with E-state index in [1.807, 2.05) is 24.3 Å². The van der Waals surface area contributed by atoms with E-state index in [1.165, 1.54) is 5.56 Å². The normalized spacial score (nSPS) is 10.4. The summed E-state index contributed by atoms with van der Waals surface area (Å²) in [4.78, 5) is 12.1. The van der Waals surface area contributed by atoms with Gasteiger partial charge < -0.3 is 14.8 Å². The van der Waals surface area contributed by atoms with Crippen molar-refractivity contribution in [1.82, 2.24) is 5.32 Å². The highest BCUT2D eigenvalue weighted by Gasteiger charge is 2.11. The molecule has 0 bridgehead atoms. The van der Waals surface area contributed by atoms with Crippen LogP contribution in [0.4, 0.5) is 0 Å². The molecule has 0 saturated carbocycles. The SMILES string of the molecule is CCc1cc(CCC(=O)NCCc2ccccc2)c(OC)cc1OC. The summed E-state index contributed by atoms with van der Waals surface area (Å²) in [6.45, 7) is 2.74. The molecule has 25 heavy (non-hydrogen) atoms. The Morgan fingerprint density at radius 1 is 0.960 bits per heavy atom. The zero-order chi connectivity index (χ0) is 18.1. The molecule has 0 aliphatic carbocycles. The number of amides is 1. The third kappa shape index (κ3) is 5.52. The summed E-state index contributed by atoms with van der Waals surface area (Å²) >= 11 is 0. The van der Waals surface area contributed by atoms with Gasteiger partial charge in [-0.15, -0.1) is 0 Å². The van der Waals surface area contributed by atoms with Crippen molar-refractivity contribution < 1.29 is 14.3 Å². The van der Waals surface area contributed by atoms with Crippen molar-refractivity contribution in [1.29, 1.82) is 0 Å². The topological polar surface area (TPSA) is 47.6 Å². The van der Waals surface area contributed by atoms with Crippen molar-refractivity contribution >= 4 is 5.91 Å². The van der Waals surface area contributed by atoms with Crippen LogP contribution in [0.25, 0.3) is 0 Å². The Hall–Kier alpha value is -2.49. The van der Waals surface area contributed by atoms with Crippen LogP contribution in [0.15, 0.2) is 42.5 Å². The van der Waals surface area contributed by atoms with Gasteiger partial charge in [-0.3, -0.25) is 4.79 Å². The number of ether oxygens (including phenoxy) is 2. The van der Waals surface area contributed by atoms with Crippen molar-refractivity contribution in [3.63, 3.8) is 0 Å². The maximum atomic E-state index is 12.1. The Balaban J connectivity index is 1.88. The molecule has 4 nitrogen and oxygen atoms in total.